The Balaban J connectivity index is 2.87. The number of carboxylic acids is 1. The second kappa shape index (κ2) is 7.59. The van der Waals surface area contributed by atoms with Crippen molar-refractivity contribution in [2.24, 2.45) is 0 Å². The smallest absolute Gasteiger partial charge is 0.343 e. The molecule has 0 aliphatic rings. The molecule has 0 aliphatic heterocycles. The molecule has 0 saturated carbocycles. The van der Waals surface area contributed by atoms with Crippen LogP contribution in [0.2, 0.25) is 0 Å². The Morgan fingerprint density at radius 1 is 1.50 bits per heavy atom. The molecular weight excluding hydrogens is 260 g/mol. The number of aromatic carboxylic acids is 1. The van der Waals surface area contributed by atoms with Gasteiger partial charge in [-0.3, -0.25) is 10.1 Å². The van der Waals surface area contributed by atoms with Gasteiger partial charge in [0.25, 0.3) is 5.69 Å². The molecule has 6 nitrogen and oxygen atoms in total. The largest absolute Gasteiger partial charge is 0.477 e. The van der Waals surface area contributed by atoms with E-state index in [2.05, 4.69) is 12.2 Å². The van der Waals surface area contributed by atoms with E-state index >= 15 is 0 Å². The molecule has 1 aromatic rings. The first-order valence-electron chi connectivity index (χ1n) is 6.70. The SMILES string of the molecule is CCCCC(C)NCc1cccc([N+](=O)[O-])c1C(=O)O. The number of hydrogen-bond donors (Lipinski definition) is 2. The van der Waals surface area contributed by atoms with Crippen molar-refractivity contribution in [3.8, 4) is 0 Å². The molecule has 20 heavy (non-hydrogen) atoms. The molecule has 6 heteroatoms. The predicted octanol–water partition coefficient (Wildman–Crippen LogP) is 2.96. The van der Waals surface area contributed by atoms with Crippen LogP contribution in [0.25, 0.3) is 0 Å². The molecule has 0 bridgehead atoms. The quantitative estimate of drug-likeness (QED) is 0.564. The van der Waals surface area contributed by atoms with Gasteiger partial charge < -0.3 is 10.4 Å². The summed E-state index contributed by atoms with van der Waals surface area (Å²) in [4.78, 5) is 21.5. The molecule has 0 aliphatic carbocycles. The number of unbranched alkanes of at least 4 members (excludes halogenated alkanes) is 1. The maximum atomic E-state index is 11.2. The lowest BCUT2D eigenvalue weighted by molar-refractivity contribution is -0.385. The fourth-order valence-corrected chi connectivity index (χ4v) is 2.03. The highest BCUT2D eigenvalue weighted by Crippen LogP contribution is 2.22. The predicted molar refractivity (Wildman–Crippen MR) is 75.9 cm³/mol. The highest BCUT2D eigenvalue weighted by molar-refractivity contribution is 5.94. The third kappa shape index (κ3) is 4.31. The second-order valence-electron chi connectivity index (χ2n) is 4.80. The Hall–Kier alpha value is -1.95. The van der Waals surface area contributed by atoms with Gasteiger partial charge in [0.2, 0.25) is 0 Å². The van der Waals surface area contributed by atoms with E-state index in [1.165, 1.54) is 12.1 Å². The van der Waals surface area contributed by atoms with Crippen molar-refractivity contribution in [3.05, 3.63) is 39.4 Å². The number of hydrogen-bond acceptors (Lipinski definition) is 4. The minimum Gasteiger partial charge on any atom is -0.477 e. The van der Waals surface area contributed by atoms with Crippen molar-refractivity contribution in [2.45, 2.75) is 45.7 Å². The molecule has 1 aromatic carbocycles. The Bertz CT molecular complexity index is 488. The normalized spacial score (nSPS) is 12.1. The lowest BCUT2D eigenvalue weighted by Gasteiger charge is -2.14. The third-order valence-electron chi connectivity index (χ3n) is 3.17. The zero-order valence-electron chi connectivity index (χ0n) is 11.8. The van der Waals surface area contributed by atoms with Crippen molar-refractivity contribution in [1.82, 2.24) is 5.32 Å². The van der Waals surface area contributed by atoms with Crippen LogP contribution >= 0.6 is 0 Å². The summed E-state index contributed by atoms with van der Waals surface area (Å²) < 4.78 is 0. The molecular formula is C14H20N2O4. The average Bonchev–Trinajstić information content (AvgIpc) is 2.41. The lowest BCUT2D eigenvalue weighted by Crippen LogP contribution is -2.26. The molecule has 110 valence electrons. The van der Waals surface area contributed by atoms with E-state index in [1.54, 1.807) is 6.07 Å². The zero-order valence-corrected chi connectivity index (χ0v) is 11.8. The summed E-state index contributed by atoms with van der Waals surface area (Å²) in [7, 11) is 0. The first-order chi connectivity index (χ1) is 9.47. The standard InChI is InChI=1S/C14H20N2O4/c1-3-4-6-10(2)15-9-11-7-5-8-12(16(19)20)13(11)14(17)18/h5,7-8,10,15H,3-4,6,9H2,1-2H3,(H,17,18). The van der Waals surface area contributed by atoms with Crippen molar-refractivity contribution >= 4 is 11.7 Å². The number of rotatable bonds is 8. The Morgan fingerprint density at radius 2 is 2.20 bits per heavy atom. The van der Waals surface area contributed by atoms with Gasteiger partial charge in [0.05, 0.1) is 4.92 Å². The monoisotopic (exact) mass is 280 g/mol. The fourth-order valence-electron chi connectivity index (χ4n) is 2.03. The van der Waals surface area contributed by atoms with Crippen LogP contribution in [-0.4, -0.2) is 22.0 Å². The zero-order chi connectivity index (χ0) is 15.1. The summed E-state index contributed by atoms with van der Waals surface area (Å²) in [6, 6.07) is 4.58. The third-order valence-corrected chi connectivity index (χ3v) is 3.17. The maximum absolute atomic E-state index is 11.2. The van der Waals surface area contributed by atoms with E-state index in [9.17, 15) is 14.9 Å². The number of carboxylic acid groups (broad SMARTS) is 1. The molecule has 2 N–H and O–H groups in total. The van der Waals surface area contributed by atoms with E-state index in [-0.39, 0.29) is 17.3 Å². The van der Waals surface area contributed by atoms with Crippen LogP contribution in [0.3, 0.4) is 0 Å². The van der Waals surface area contributed by atoms with E-state index in [4.69, 9.17) is 5.11 Å². The Kier molecular flexibility index (Phi) is 6.11. The lowest BCUT2D eigenvalue weighted by atomic mass is 10.0. The van der Waals surface area contributed by atoms with E-state index in [0.717, 1.165) is 19.3 Å². The topological polar surface area (TPSA) is 92.5 Å². The molecule has 1 rings (SSSR count). The molecule has 0 saturated heterocycles. The van der Waals surface area contributed by atoms with Crippen LogP contribution < -0.4 is 5.32 Å². The number of nitrogens with zero attached hydrogens (tertiary/aromatic N) is 1. The number of carbonyl (C=O) groups is 1. The Morgan fingerprint density at radius 3 is 2.75 bits per heavy atom. The first kappa shape index (κ1) is 16.1. The summed E-state index contributed by atoms with van der Waals surface area (Å²) in [5, 5.41) is 23.3. The van der Waals surface area contributed by atoms with Crippen molar-refractivity contribution < 1.29 is 14.8 Å². The van der Waals surface area contributed by atoms with Gasteiger partial charge in [-0.1, -0.05) is 31.9 Å². The summed E-state index contributed by atoms with van der Waals surface area (Å²) in [5.41, 5.74) is -0.152. The Labute approximate surface area is 118 Å². The van der Waals surface area contributed by atoms with Crippen LogP contribution in [0.5, 0.6) is 0 Å². The van der Waals surface area contributed by atoms with Crippen LogP contribution in [0.4, 0.5) is 5.69 Å². The summed E-state index contributed by atoms with van der Waals surface area (Å²) in [6.45, 7) is 4.44. The van der Waals surface area contributed by atoms with Gasteiger partial charge in [0, 0.05) is 18.7 Å². The number of nitro benzene ring substituents is 1. The second-order valence-corrected chi connectivity index (χ2v) is 4.80. The van der Waals surface area contributed by atoms with Crippen molar-refractivity contribution in [3.63, 3.8) is 0 Å². The highest BCUT2D eigenvalue weighted by Gasteiger charge is 2.23. The maximum Gasteiger partial charge on any atom is 0.343 e. The summed E-state index contributed by atoms with van der Waals surface area (Å²) >= 11 is 0. The van der Waals surface area contributed by atoms with Gasteiger partial charge in [-0.15, -0.1) is 0 Å². The molecule has 1 atom stereocenters. The first-order valence-corrected chi connectivity index (χ1v) is 6.70. The molecule has 0 amide bonds. The number of benzene rings is 1. The van der Waals surface area contributed by atoms with Crippen LogP contribution in [0.15, 0.2) is 18.2 Å². The van der Waals surface area contributed by atoms with Crippen LogP contribution in [0.1, 0.15) is 49.0 Å². The summed E-state index contributed by atoms with van der Waals surface area (Å²) in [6.07, 6.45) is 3.19. The van der Waals surface area contributed by atoms with Gasteiger partial charge in [-0.25, -0.2) is 4.79 Å². The van der Waals surface area contributed by atoms with Gasteiger partial charge in [0.1, 0.15) is 5.56 Å². The minimum absolute atomic E-state index is 0.229. The van der Waals surface area contributed by atoms with Crippen LogP contribution in [0, 0.1) is 10.1 Å². The number of nitro groups is 1. The van der Waals surface area contributed by atoms with Crippen molar-refractivity contribution in [1.29, 1.82) is 0 Å². The molecule has 0 fully saturated rings. The molecule has 0 aromatic heterocycles. The van der Waals surface area contributed by atoms with Gasteiger partial charge in [-0.2, -0.15) is 0 Å². The van der Waals surface area contributed by atoms with E-state index < -0.39 is 10.9 Å². The van der Waals surface area contributed by atoms with Gasteiger partial charge in [-0.05, 0) is 18.9 Å². The van der Waals surface area contributed by atoms with Gasteiger partial charge >= 0.3 is 5.97 Å². The fraction of sp³-hybridized carbons (Fsp3) is 0.500. The highest BCUT2D eigenvalue weighted by atomic mass is 16.6. The van der Waals surface area contributed by atoms with Crippen molar-refractivity contribution in [2.75, 3.05) is 0 Å². The number of nitrogens with one attached hydrogen (secondary N) is 1. The van der Waals surface area contributed by atoms with Crippen LogP contribution in [-0.2, 0) is 6.54 Å². The molecule has 0 spiro atoms. The molecule has 0 radical (unpaired) electrons. The molecule has 1 unspecified atom stereocenters. The average molecular weight is 280 g/mol. The summed E-state index contributed by atoms with van der Waals surface area (Å²) in [5.74, 6) is -1.27. The minimum atomic E-state index is -1.27. The van der Waals surface area contributed by atoms with Gasteiger partial charge in [0.15, 0.2) is 0 Å². The molecule has 0 heterocycles. The van der Waals surface area contributed by atoms with E-state index in [1.807, 2.05) is 6.92 Å². The van der Waals surface area contributed by atoms with E-state index in [0.29, 0.717) is 12.1 Å².